The maximum absolute atomic E-state index is 12.3. The smallest absolute Gasteiger partial charge is 0.260 e. The van der Waals surface area contributed by atoms with Gasteiger partial charge in [0.15, 0.2) is 6.10 Å². The van der Waals surface area contributed by atoms with Gasteiger partial charge in [-0.1, -0.05) is 48.5 Å². The Labute approximate surface area is 143 Å². The number of amides is 1. The first kappa shape index (κ1) is 18.0. The molecule has 0 radical (unpaired) electrons. The highest BCUT2D eigenvalue weighted by Crippen LogP contribution is 2.20. The molecule has 0 bridgehead atoms. The number of aliphatic hydroxyl groups is 1. The molecule has 0 aromatic heterocycles. The Morgan fingerprint density at radius 2 is 1.62 bits per heavy atom. The Morgan fingerprint density at radius 3 is 2.21 bits per heavy atom. The Bertz CT molecular complexity index is 613. The van der Waals surface area contributed by atoms with E-state index in [-0.39, 0.29) is 11.8 Å². The molecular formula is C20H25NO3. The number of para-hydroxylation sites is 1. The first-order valence-corrected chi connectivity index (χ1v) is 8.28. The number of benzene rings is 2. The fraction of sp³-hybridized carbons (Fsp3) is 0.350. The van der Waals surface area contributed by atoms with Crippen molar-refractivity contribution in [2.24, 2.45) is 0 Å². The van der Waals surface area contributed by atoms with E-state index in [9.17, 15) is 9.90 Å². The third kappa shape index (κ3) is 5.70. The van der Waals surface area contributed by atoms with Gasteiger partial charge in [0.2, 0.25) is 0 Å². The van der Waals surface area contributed by atoms with Gasteiger partial charge in [-0.3, -0.25) is 4.79 Å². The lowest BCUT2D eigenvalue weighted by Crippen LogP contribution is -2.38. The van der Waals surface area contributed by atoms with Crippen molar-refractivity contribution in [2.45, 2.75) is 38.4 Å². The third-order valence-corrected chi connectivity index (χ3v) is 3.84. The van der Waals surface area contributed by atoms with E-state index in [0.717, 1.165) is 5.56 Å². The monoisotopic (exact) mass is 327 g/mol. The average molecular weight is 327 g/mol. The van der Waals surface area contributed by atoms with Gasteiger partial charge in [0.25, 0.3) is 5.91 Å². The number of ether oxygens (including phenoxy) is 1. The van der Waals surface area contributed by atoms with E-state index < -0.39 is 12.2 Å². The maximum atomic E-state index is 12.3. The van der Waals surface area contributed by atoms with Crippen LogP contribution in [0.4, 0.5) is 0 Å². The van der Waals surface area contributed by atoms with E-state index in [1.165, 1.54) is 0 Å². The molecule has 0 heterocycles. The van der Waals surface area contributed by atoms with E-state index in [2.05, 4.69) is 5.32 Å². The SMILES string of the molecule is CC(O)CC(CNC(=O)C(C)Oc1ccccc1)c1ccccc1. The summed E-state index contributed by atoms with van der Waals surface area (Å²) in [6, 6.07) is 19.2. The zero-order valence-corrected chi connectivity index (χ0v) is 14.2. The molecule has 4 heteroatoms. The minimum atomic E-state index is -0.574. The molecule has 0 saturated carbocycles. The molecule has 2 aromatic rings. The molecule has 2 N–H and O–H groups in total. The fourth-order valence-corrected chi connectivity index (χ4v) is 2.60. The lowest BCUT2D eigenvalue weighted by Gasteiger charge is -2.21. The van der Waals surface area contributed by atoms with Gasteiger partial charge in [0.1, 0.15) is 5.75 Å². The first-order chi connectivity index (χ1) is 11.6. The molecule has 24 heavy (non-hydrogen) atoms. The Morgan fingerprint density at radius 1 is 1.04 bits per heavy atom. The van der Waals surface area contributed by atoms with Crippen molar-refractivity contribution in [1.29, 1.82) is 0 Å². The largest absolute Gasteiger partial charge is 0.481 e. The van der Waals surface area contributed by atoms with Gasteiger partial charge < -0.3 is 15.2 Å². The summed E-state index contributed by atoms with van der Waals surface area (Å²) >= 11 is 0. The van der Waals surface area contributed by atoms with Crippen LogP contribution in [0.1, 0.15) is 31.7 Å². The summed E-state index contributed by atoms with van der Waals surface area (Å²) in [6.45, 7) is 3.96. The normalized spacial score (nSPS) is 14.5. The van der Waals surface area contributed by atoms with Crippen LogP contribution in [-0.4, -0.2) is 29.8 Å². The van der Waals surface area contributed by atoms with Crippen LogP contribution < -0.4 is 10.1 Å². The van der Waals surface area contributed by atoms with E-state index in [1.54, 1.807) is 13.8 Å². The molecule has 128 valence electrons. The van der Waals surface area contributed by atoms with Crippen LogP contribution in [-0.2, 0) is 4.79 Å². The van der Waals surface area contributed by atoms with E-state index in [1.807, 2.05) is 60.7 Å². The van der Waals surface area contributed by atoms with Gasteiger partial charge in [-0.2, -0.15) is 0 Å². The molecule has 0 aliphatic rings. The molecule has 4 nitrogen and oxygen atoms in total. The maximum Gasteiger partial charge on any atom is 0.260 e. The lowest BCUT2D eigenvalue weighted by molar-refractivity contribution is -0.127. The predicted octanol–water partition coefficient (Wildman–Crippen LogP) is 3.12. The molecule has 3 unspecified atom stereocenters. The van der Waals surface area contributed by atoms with Crippen LogP contribution >= 0.6 is 0 Å². The lowest BCUT2D eigenvalue weighted by atomic mass is 9.93. The van der Waals surface area contributed by atoms with Gasteiger partial charge in [-0.05, 0) is 38.0 Å². The highest BCUT2D eigenvalue weighted by molar-refractivity contribution is 5.80. The molecule has 1 amide bonds. The molecule has 2 aromatic carbocycles. The Kier molecular flexibility index (Phi) is 6.82. The Balaban J connectivity index is 1.91. The summed E-state index contributed by atoms with van der Waals surface area (Å²) in [4.78, 5) is 12.3. The topological polar surface area (TPSA) is 58.6 Å². The van der Waals surface area contributed by atoms with Gasteiger partial charge in [-0.25, -0.2) is 0 Å². The number of hydrogen-bond acceptors (Lipinski definition) is 3. The minimum absolute atomic E-state index is 0.0686. The van der Waals surface area contributed by atoms with Gasteiger partial charge in [0, 0.05) is 12.5 Å². The molecule has 0 aliphatic carbocycles. The second-order valence-electron chi connectivity index (χ2n) is 6.01. The zero-order valence-electron chi connectivity index (χ0n) is 14.2. The number of carbonyl (C=O) groups excluding carboxylic acids is 1. The van der Waals surface area contributed by atoms with Crippen LogP contribution in [0, 0.1) is 0 Å². The van der Waals surface area contributed by atoms with Crippen LogP contribution in [0.2, 0.25) is 0 Å². The first-order valence-electron chi connectivity index (χ1n) is 8.28. The quantitative estimate of drug-likeness (QED) is 0.783. The summed E-state index contributed by atoms with van der Waals surface area (Å²) in [7, 11) is 0. The number of nitrogens with one attached hydrogen (secondary N) is 1. The van der Waals surface area contributed by atoms with Crippen LogP contribution in [0.25, 0.3) is 0 Å². The molecular weight excluding hydrogens is 302 g/mol. The summed E-state index contributed by atoms with van der Waals surface area (Å²) in [5.74, 6) is 0.577. The van der Waals surface area contributed by atoms with Crippen molar-refractivity contribution in [3.8, 4) is 5.75 Å². The highest BCUT2D eigenvalue weighted by atomic mass is 16.5. The van der Waals surface area contributed by atoms with Gasteiger partial charge in [-0.15, -0.1) is 0 Å². The minimum Gasteiger partial charge on any atom is -0.481 e. The molecule has 0 fully saturated rings. The van der Waals surface area contributed by atoms with Gasteiger partial charge >= 0.3 is 0 Å². The standard InChI is InChI=1S/C20H25NO3/c1-15(22)13-18(17-9-5-3-6-10-17)14-21-20(23)16(2)24-19-11-7-4-8-12-19/h3-12,15-16,18,22H,13-14H2,1-2H3,(H,21,23). The molecule has 0 spiro atoms. The second-order valence-corrected chi connectivity index (χ2v) is 6.01. The van der Waals surface area contributed by atoms with Crippen molar-refractivity contribution < 1.29 is 14.6 Å². The molecule has 0 saturated heterocycles. The van der Waals surface area contributed by atoms with Gasteiger partial charge in [0.05, 0.1) is 6.10 Å². The van der Waals surface area contributed by atoms with Crippen molar-refractivity contribution >= 4 is 5.91 Å². The van der Waals surface area contributed by atoms with E-state index >= 15 is 0 Å². The third-order valence-electron chi connectivity index (χ3n) is 3.84. The number of rotatable bonds is 8. The van der Waals surface area contributed by atoms with Crippen LogP contribution in [0.5, 0.6) is 5.75 Å². The second kappa shape index (κ2) is 9.08. The van der Waals surface area contributed by atoms with Crippen molar-refractivity contribution in [1.82, 2.24) is 5.32 Å². The average Bonchev–Trinajstić information content (AvgIpc) is 2.59. The van der Waals surface area contributed by atoms with Crippen molar-refractivity contribution in [2.75, 3.05) is 6.54 Å². The van der Waals surface area contributed by atoms with Crippen LogP contribution in [0.15, 0.2) is 60.7 Å². The summed E-state index contributed by atoms with van der Waals surface area (Å²) in [6.07, 6.45) is -0.404. The van der Waals surface area contributed by atoms with E-state index in [4.69, 9.17) is 4.74 Å². The fourth-order valence-electron chi connectivity index (χ4n) is 2.60. The zero-order chi connectivity index (χ0) is 17.4. The summed E-state index contributed by atoms with van der Waals surface area (Å²) in [5, 5.41) is 12.6. The molecule has 3 atom stereocenters. The number of aliphatic hydroxyl groups excluding tert-OH is 1. The predicted molar refractivity (Wildman–Crippen MR) is 95.0 cm³/mol. The van der Waals surface area contributed by atoms with Crippen LogP contribution in [0.3, 0.4) is 0 Å². The van der Waals surface area contributed by atoms with Crippen molar-refractivity contribution in [3.63, 3.8) is 0 Å². The summed E-state index contributed by atoms with van der Waals surface area (Å²) in [5.41, 5.74) is 1.11. The van der Waals surface area contributed by atoms with E-state index in [0.29, 0.717) is 18.7 Å². The molecule has 2 rings (SSSR count). The number of hydrogen-bond donors (Lipinski definition) is 2. The number of carbonyl (C=O) groups is 1. The van der Waals surface area contributed by atoms with Crippen molar-refractivity contribution in [3.05, 3.63) is 66.2 Å². The highest BCUT2D eigenvalue weighted by Gasteiger charge is 2.19. The summed E-state index contributed by atoms with van der Waals surface area (Å²) < 4.78 is 5.63. The Hall–Kier alpha value is -2.33. The molecule has 0 aliphatic heterocycles.